The smallest absolute Gasteiger partial charge is 0.273 e. The zero-order chi connectivity index (χ0) is 18.1. The van der Waals surface area contributed by atoms with Crippen molar-refractivity contribution in [3.8, 4) is 0 Å². The fourth-order valence-corrected chi connectivity index (χ4v) is 3.75. The minimum Gasteiger partial charge on any atom is -0.368 e. The number of nitrogen functional groups attached to an aromatic ring is 1. The lowest BCUT2D eigenvalue weighted by atomic mass is 9.94. The highest BCUT2D eigenvalue weighted by Gasteiger charge is 2.28. The Hall–Kier alpha value is -2.41. The third-order valence-electron chi connectivity index (χ3n) is 5.01. The molecule has 0 bridgehead atoms. The van der Waals surface area contributed by atoms with Gasteiger partial charge in [-0.05, 0) is 37.8 Å². The van der Waals surface area contributed by atoms with Crippen LogP contribution in [-0.4, -0.2) is 51.9 Å². The number of aryl methyl sites for hydroxylation is 1. The molecule has 1 fully saturated rings. The van der Waals surface area contributed by atoms with Crippen LogP contribution in [0.3, 0.4) is 0 Å². The van der Waals surface area contributed by atoms with Crippen LogP contribution in [0.25, 0.3) is 0 Å². The Balaban J connectivity index is 1.49. The zero-order valence-electron chi connectivity index (χ0n) is 14.5. The Morgan fingerprint density at radius 3 is 2.58 bits per heavy atom. The molecule has 0 spiro atoms. The van der Waals surface area contributed by atoms with E-state index in [0.717, 1.165) is 55.8 Å². The molecule has 0 aromatic carbocycles. The van der Waals surface area contributed by atoms with Crippen LogP contribution in [0.5, 0.6) is 0 Å². The van der Waals surface area contributed by atoms with E-state index in [4.69, 9.17) is 17.3 Å². The molecule has 0 atom stereocenters. The van der Waals surface area contributed by atoms with Crippen molar-refractivity contribution in [2.24, 2.45) is 0 Å². The normalized spacial score (nSPS) is 17.1. The maximum atomic E-state index is 13.0. The first kappa shape index (κ1) is 17.0. The third kappa shape index (κ3) is 3.31. The zero-order valence-corrected chi connectivity index (χ0v) is 15.2. The van der Waals surface area contributed by atoms with Crippen LogP contribution in [0.1, 0.15) is 34.6 Å². The Morgan fingerprint density at radius 1 is 1.08 bits per heavy atom. The van der Waals surface area contributed by atoms with Gasteiger partial charge < -0.3 is 15.5 Å². The van der Waals surface area contributed by atoms with E-state index in [9.17, 15) is 4.79 Å². The van der Waals surface area contributed by atoms with Gasteiger partial charge in [0.25, 0.3) is 5.91 Å². The molecule has 1 amide bonds. The molecule has 0 saturated carbocycles. The third-order valence-corrected chi connectivity index (χ3v) is 5.23. The highest BCUT2D eigenvalue weighted by Crippen LogP contribution is 2.24. The number of rotatable bonds is 2. The van der Waals surface area contributed by atoms with E-state index in [0.29, 0.717) is 23.8 Å². The number of anilines is 2. The van der Waals surface area contributed by atoms with Crippen LogP contribution >= 0.6 is 11.6 Å². The molecular weight excluding hydrogens is 352 g/mol. The highest BCUT2D eigenvalue weighted by atomic mass is 35.5. The van der Waals surface area contributed by atoms with Crippen LogP contribution in [-0.2, 0) is 12.8 Å². The quantitative estimate of drug-likeness (QED) is 0.866. The average Bonchev–Trinajstić information content (AvgIpc) is 2.67. The summed E-state index contributed by atoms with van der Waals surface area (Å²) in [6.07, 6.45) is 5.52. The van der Waals surface area contributed by atoms with Crippen LogP contribution in [0.2, 0.25) is 5.02 Å². The van der Waals surface area contributed by atoms with E-state index in [1.807, 2.05) is 17.0 Å². The molecule has 0 radical (unpaired) electrons. The van der Waals surface area contributed by atoms with Crippen molar-refractivity contribution in [2.45, 2.75) is 25.7 Å². The summed E-state index contributed by atoms with van der Waals surface area (Å²) < 4.78 is 0. The molecule has 1 aliphatic carbocycles. The van der Waals surface area contributed by atoms with E-state index in [-0.39, 0.29) is 11.9 Å². The molecule has 0 unspecified atom stereocenters. The molecule has 2 aromatic heterocycles. The maximum absolute atomic E-state index is 13.0. The van der Waals surface area contributed by atoms with Crippen molar-refractivity contribution in [1.29, 1.82) is 0 Å². The number of pyridine rings is 1. The number of piperazine rings is 1. The number of fused-ring (bicyclic) bond motifs is 1. The molecular formula is C18H21ClN6O. The van der Waals surface area contributed by atoms with Crippen molar-refractivity contribution in [2.75, 3.05) is 36.8 Å². The van der Waals surface area contributed by atoms with Crippen LogP contribution in [0.15, 0.2) is 18.3 Å². The van der Waals surface area contributed by atoms with Crippen LogP contribution in [0, 0.1) is 0 Å². The maximum Gasteiger partial charge on any atom is 0.273 e. The van der Waals surface area contributed by atoms with Crippen molar-refractivity contribution >= 4 is 29.3 Å². The molecule has 1 saturated heterocycles. The number of amides is 1. The van der Waals surface area contributed by atoms with Crippen molar-refractivity contribution < 1.29 is 4.79 Å². The minimum atomic E-state index is -0.0408. The van der Waals surface area contributed by atoms with E-state index in [2.05, 4.69) is 19.9 Å². The molecule has 7 nitrogen and oxygen atoms in total. The second-order valence-electron chi connectivity index (χ2n) is 6.68. The second kappa shape index (κ2) is 7.07. The number of carbonyl (C=O) groups is 1. The van der Waals surface area contributed by atoms with Crippen LogP contribution < -0.4 is 10.6 Å². The second-order valence-corrected chi connectivity index (χ2v) is 7.11. The van der Waals surface area contributed by atoms with Gasteiger partial charge in [0.05, 0.1) is 5.02 Å². The summed E-state index contributed by atoms with van der Waals surface area (Å²) in [6, 6.07) is 3.73. The van der Waals surface area contributed by atoms with E-state index in [1.165, 1.54) is 0 Å². The molecule has 3 heterocycles. The Kier molecular flexibility index (Phi) is 4.63. The number of halogens is 1. The first-order chi connectivity index (χ1) is 12.6. The molecule has 4 rings (SSSR count). The summed E-state index contributed by atoms with van der Waals surface area (Å²) in [6.45, 7) is 2.70. The first-order valence-corrected chi connectivity index (χ1v) is 9.30. The van der Waals surface area contributed by atoms with Crippen molar-refractivity contribution in [3.05, 3.63) is 40.3 Å². The lowest BCUT2D eigenvalue weighted by molar-refractivity contribution is 0.0739. The summed E-state index contributed by atoms with van der Waals surface area (Å²) in [5.74, 6) is 1.03. The Labute approximate surface area is 157 Å². The average molecular weight is 373 g/mol. The Bertz CT molecular complexity index is 817. The summed E-state index contributed by atoms with van der Waals surface area (Å²) in [5.41, 5.74) is 8.26. The van der Waals surface area contributed by atoms with Gasteiger partial charge in [-0.15, -0.1) is 0 Å². The van der Waals surface area contributed by atoms with Gasteiger partial charge in [-0.1, -0.05) is 11.6 Å². The van der Waals surface area contributed by atoms with Gasteiger partial charge in [0.1, 0.15) is 11.5 Å². The standard InChI is InChI=1S/C18H21ClN6O/c19-12-5-6-15(21-11-12)24-7-9-25(10-8-24)17(26)16-13-3-1-2-4-14(13)22-18(20)23-16/h5-6,11H,1-4,7-10H2,(H2,20,22,23). The fraction of sp³-hybridized carbons (Fsp3) is 0.444. The summed E-state index contributed by atoms with van der Waals surface area (Å²) in [4.78, 5) is 30.0. The fourth-order valence-electron chi connectivity index (χ4n) is 3.63. The summed E-state index contributed by atoms with van der Waals surface area (Å²) in [7, 11) is 0. The van der Waals surface area contributed by atoms with Gasteiger partial charge >= 0.3 is 0 Å². The molecule has 2 N–H and O–H groups in total. The lowest BCUT2D eigenvalue weighted by Crippen LogP contribution is -2.49. The van der Waals surface area contributed by atoms with Gasteiger partial charge in [0.2, 0.25) is 5.95 Å². The van der Waals surface area contributed by atoms with E-state index < -0.39 is 0 Å². The topological polar surface area (TPSA) is 88.2 Å². The summed E-state index contributed by atoms with van der Waals surface area (Å²) in [5, 5.41) is 0.619. The van der Waals surface area contributed by atoms with Gasteiger partial charge in [0, 0.05) is 43.6 Å². The minimum absolute atomic E-state index is 0.0408. The van der Waals surface area contributed by atoms with Gasteiger partial charge in [-0.2, -0.15) is 0 Å². The number of hydrogen-bond donors (Lipinski definition) is 1. The molecule has 1 aliphatic heterocycles. The Morgan fingerprint density at radius 2 is 1.85 bits per heavy atom. The van der Waals surface area contributed by atoms with Crippen molar-refractivity contribution in [3.63, 3.8) is 0 Å². The molecule has 136 valence electrons. The number of carbonyl (C=O) groups excluding carboxylic acids is 1. The first-order valence-electron chi connectivity index (χ1n) is 8.93. The largest absolute Gasteiger partial charge is 0.368 e. The molecule has 8 heteroatoms. The monoisotopic (exact) mass is 372 g/mol. The predicted octanol–water partition coefficient (Wildman–Crippen LogP) is 1.95. The number of nitrogens with two attached hydrogens (primary N) is 1. The number of aromatic nitrogens is 3. The van der Waals surface area contributed by atoms with Gasteiger partial charge in [-0.25, -0.2) is 15.0 Å². The van der Waals surface area contributed by atoms with Crippen molar-refractivity contribution in [1.82, 2.24) is 19.9 Å². The lowest BCUT2D eigenvalue weighted by Gasteiger charge is -2.35. The SMILES string of the molecule is Nc1nc2c(c(C(=O)N3CCN(c4ccc(Cl)cn4)CC3)n1)CCCC2. The van der Waals surface area contributed by atoms with Gasteiger partial charge in [0.15, 0.2) is 0 Å². The molecule has 26 heavy (non-hydrogen) atoms. The summed E-state index contributed by atoms with van der Waals surface area (Å²) >= 11 is 5.90. The molecule has 2 aromatic rings. The van der Waals surface area contributed by atoms with Gasteiger partial charge in [-0.3, -0.25) is 4.79 Å². The highest BCUT2D eigenvalue weighted by molar-refractivity contribution is 6.30. The van der Waals surface area contributed by atoms with E-state index >= 15 is 0 Å². The molecule has 2 aliphatic rings. The van der Waals surface area contributed by atoms with Crippen LogP contribution in [0.4, 0.5) is 11.8 Å². The number of hydrogen-bond acceptors (Lipinski definition) is 6. The number of nitrogens with zero attached hydrogens (tertiary/aromatic N) is 5. The van der Waals surface area contributed by atoms with E-state index in [1.54, 1.807) is 6.20 Å². The predicted molar refractivity (Wildman–Crippen MR) is 100 cm³/mol.